The lowest BCUT2D eigenvalue weighted by Crippen LogP contribution is -2.39. The fourth-order valence-electron chi connectivity index (χ4n) is 2.58. The maximum Gasteiger partial charge on any atom is 0.237 e. The molecule has 0 saturated carbocycles. The maximum atomic E-state index is 12.0. The normalized spacial score (nSPS) is 20.1. The van der Waals surface area contributed by atoms with Crippen LogP contribution in [0.4, 0.5) is 0 Å². The van der Waals surface area contributed by atoms with Gasteiger partial charge in [-0.1, -0.05) is 24.3 Å². The van der Waals surface area contributed by atoms with Crippen LogP contribution in [0.25, 0.3) is 10.4 Å². The van der Waals surface area contributed by atoms with E-state index in [1.165, 1.54) is 4.88 Å². The number of β-amino-alcohol motifs (C(OH)–C–C–N with tert-alkyl or cyclic N) is 1. The number of thiazole rings is 1. The number of amides is 1. The Morgan fingerprint density at radius 3 is 2.74 bits per heavy atom. The van der Waals surface area contributed by atoms with Gasteiger partial charge in [-0.05, 0) is 24.5 Å². The van der Waals surface area contributed by atoms with E-state index in [9.17, 15) is 9.90 Å². The summed E-state index contributed by atoms with van der Waals surface area (Å²) in [5.74, 6) is -0.0565. The van der Waals surface area contributed by atoms with Gasteiger partial charge in [-0.25, -0.2) is 4.98 Å². The third-order valence-corrected chi connectivity index (χ3v) is 4.83. The molecule has 0 spiro atoms. The topological polar surface area (TPSA) is 74.2 Å². The summed E-state index contributed by atoms with van der Waals surface area (Å²) in [6.45, 7) is 2.99. The highest BCUT2D eigenvalue weighted by Gasteiger charge is 2.27. The Kier molecular flexibility index (Phi) is 6.12. The monoisotopic (exact) mass is 353 g/mol. The molecule has 0 radical (unpaired) electrons. The van der Waals surface area contributed by atoms with Crippen molar-refractivity contribution in [1.29, 1.82) is 0 Å². The number of halogens is 1. The molecule has 1 saturated heterocycles. The molecular formula is C16H20ClN3O2S. The van der Waals surface area contributed by atoms with Gasteiger partial charge in [0.1, 0.15) is 0 Å². The molecule has 0 unspecified atom stereocenters. The summed E-state index contributed by atoms with van der Waals surface area (Å²) in [7, 11) is 0. The second-order valence-electron chi connectivity index (χ2n) is 5.53. The van der Waals surface area contributed by atoms with Crippen LogP contribution >= 0.6 is 23.7 Å². The molecule has 0 bridgehead atoms. The third kappa shape index (κ3) is 4.29. The summed E-state index contributed by atoms with van der Waals surface area (Å²) in [6.07, 6.45) is 0.0628. The molecule has 23 heavy (non-hydrogen) atoms. The number of hydrogen-bond acceptors (Lipinski definition) is 5. The molecule has 3 rings (SSSR count). The third-order valence-electron chi connectivity index (χ3n) is 3.85. The number of nitrogens with one attached hydrogen (secondary N) is 2. The molecule has 2 aromatic rings. The van der Waals surface area contributed by atoms with Crippen molar-refractivity contribution in [1.82, 2.24) is 15.6 Å². The fraction of sp³-hybridized carbons (Fsp3) is 0.375. The molecule has 2 atom stereocenters. The van der Waals surface area contributed by atoms with Gasteiger partial charge in [-0.3, -0.25) is 4.79 Å². The molecule has 1 aromatic carbocycles. The van der Waals surface area contributed by atoms with E-state index in [0.717, 1.165) is 16.8 Å². The molecule has 3 N–H and O–H groups in total. The number of aliphatic hydroxyl groups is 1. The van der Waals surface area contributed by atoms with Gasteiger partial charge in [0.15, 0.2) is 0 Å². The number of aryl methyl sites for hydroxylation is 1. The first-order chi connectivity index (χ1) is 10.6. The van der Waals surface area contributed by atoms with Crippen LogP contribution in [0.2, 0.25) is 0 Å². The molecule has 1 aromatic heterocycles. The van der Waals surface area contributed by atoms with E-state index >= 15 is 0 Å². The molecule has 7 heteroatoms. The first kappa shape index (κ1) is 17.9. The van der Waals surface area contributed by atoms with Crippen LogP contribution in [-0.2, 0) is 11.3 Å². The zero-order valence-corrected chi connectivity index (χ0v) is 14.4. The number of nitrogens with zero attached hydrogens (tertiary/aromatic N) is 1. The highest BCUT2D eigenvalue weighted by Crippen LogP contribution is 2.27. The van der Waals surface area contributed by atoms with Gasteiger partial charge < -0.3 is 15.7 Å². The minimum Gasteiger partial charge on any atom is -0.392 e. The zero-order valence-electron chi connectivity index (χ0n) is 12.8. The van der Waals surface area contributed by atoms with Gasteiger partial charge in [0, 0.05) is 13.1 Å². The van der Waals surface area contributed by atoms with Crippen molar-refractivity contribution in [3.05, 3.63) is 41.0 Å². The van der Waals surface area contributed by atoms with Gasteiger partial charge in [0.25, 0.3) is 0 Å². The highest BCUT2D eigenvalue weighted by molar-refractivity contribution is 7.13. The summed E-state index contributed by atoms with van der Waals surface area (Å²) >= 11 is 1.63. The van der Waals surface area contributed by atoms with E-state index in [2.05, 4.69) is 27.8 Å². The van der Waals surface area contributed by atoms with Crippen LogP contribution in [0.3, 0.4) is 0 Å². The molecule has 2 heterocycles. The lowest BCUT2D eigenvalue weighted by molar-refractivity contribution is -0.123. The summed E-state index contributed by atoms with van der Waals surface area (Å²) in [5, 5.41) is 15.3. The van der Waals surface area contributed by atoms with Gasteiger partial charge >= 0.3 is 0 Å². The smallest absolute Gasteiger partial charge is 0.237 e. The number of benzene rings is 1. The summed E-state index contributed by atoms with van der Waals surface area (Å²) in [6, 6.07) is 7.87. The van der Waals surface area contributed by atoms with Gasteiger partial charge in [-0.15, -0.1) is 23.7 Å². The number of carbonyl (C=O) groups excluding carboxylic acids is 1. The summed E-state index contributed by atoms with van der Waals surface area (Å²) in [5.41, 5.74) is 5.09. The van der Waals surface area contributed by atoms with Crippen molar-refractivity contribution in [2.45, 2.75) is 32.0 Å². The van der Waals surface area contributed by atoms with E-state index in [4.69, 9.17) is 0 Å². The first-order valence-electron chi connectivity index (χ1n) is 7.32. The molecule has 0 aliphatic carbocycles. The minimum atomic E-state index is -0.419. The molecule has 5 nitrogen and oxygen atoms in total. The lowest BCUT2D eigenvalue weighted by Gasteiger charge is -2.11. The average molecular weight is 354 g/mol. The number of carbonyl (C=O) groups is 1. The summed E-state index contributed by atoms with van der Waals surface area (Å²) in [4.78, 5) is 17.4. The lowest BCUT2D eigenvalue weighted by atomic mass is 10.1. The maximum absolute atomic E-state index is 12.0. The van der Waals surface area contributed by atoms with E-state index in [-0.39, 0.29) is 24.4 Å². The Morgan fingerprint density at radius 1 is 1.43 bits per heavy atom. The molecule has 124 valence electrons. The molecule has 1 fully saturated rings. The van der Waals surface area contributed by atoms with Crippen LogP contribution in [0.1, 0.15) is 17.7 Å². The second-order valence-corrected chi connectivity index (χ2v) is 6.39. The minimum absolute atomic E-state index is 0. The Bertz CT molecular complexity index is 660. The van der Waals surface area contributed by atoms with Crippen molar-refractivity contribution in [3.63, 3.8) is 0 Å². The Labute approximate surface area is 145 Å². The van der Waals surface area contributed by atoms with E-state index in [1.807, 2.05) is 24.6 Å². The largest absolute Gasteiger partial charge is 0.392 e. The Hall–Kier alpha value is -1.47. The van der Waals surface area contributed by atoms with E-state index in [0.29, 0.717) is 19.5 Å². The van der Waals surface area contributed by atoms with Crippen LogP contribution in [0, 0.1) is 6.92 Å². The van der Waals surface area contributed by atoms with E-state index < -0.39 is 6.10 Å². The molecule has 1 amide bonds. The summed E-state index contributed by atoms with van der Waals surface area (Å²) < 4.78 is 0. The van der Waals surface area contributed by atoms with Gasteiger partial charge in [0.05, 0.1) is 28.2 Å². The zero-order chi connectivity index (χ0) is 15.5. The predicted octanol–water partition coefficient (Wildman–Crippen LogP) is 1.88. The van der Waals surface area contributed by atoms with Gasteiger partial charge in [-0.2, -0.15) is 0 Å². The average Bonchev–Trinajstić information content (AvgIpc) is 3.14. The molecule has 1 aliphatic rings. The van der Waals surface area contributed by atoms with Crippen LogP contribution in [-0.4, -0.2) is 34.7 Å². The molecular weight excluding hydrogens is 334 g/mol. The van der Waals surface area contributed by atoms with Crippen molar-refractivity contribution >= 4 is 29.7 Å². The Balaban J connectivity index is 0.00000192. The van der Waals surface area contributed by atoms with Crippen molar-refractivity contribution < 1.29 is 9.90 Å². The predicted molar refractivity (Wildman–Crippen MR) is 93.8 cm³/mol. The van der Waals surface area contributed by atoms with Gasteiger partial charge in [0.2, 0.25) is 5.91 Å². The molecule has 1 aliphatic heterocycles. The Morgan fingerprint density at radius 2 is 2.17 bits per heavy atom. The number of rotatable bonds is 4. The van der Waals surface area contributed by atoms with E-state index in [1.54, 1.807) is 11.3 Å². The fourth-order valence-corrected chi connectivity index (χ4v) is 3.39. The van der Waals surface area contributed by atoms with Crippen molar-refractivity contribution in [2.24, 2.45) is 0 Å². The van der Waals surface area contributed by atoms with Crippen molar-refractivity contribution in [3.8, 4) is 10.4 Å². The second kappa shape index (κ2) is 7.88. The number of hydrogen-bond donors (Lipinski definition) is 3. The van der Waals surface area contributed by atoms with Crippen LogP contribution < -0.4 is 10.6 Å². The van der Waals surface area contributed by atoms with Crippen LogP contribution in [0.5, 0.6) is 0 Å². The SMILES string of the molecule is Cc1ncsc1-c1ccc(CNC(=O)[C@H]2C[C@H](O)CN2)cc1.Cl. The highest BCUT2D eigenvalue weighted by atomic mass is 35.5. The van der Waals surface area contributed by atoms with Crippen molar-refractivity contribution in [2.75, 3.05) is 6.54 Å². The first-order valence-corrected chi connectivity index (χ1v) is 8.20. The quantitative estimate of drug-likeness (QED) is 0.784. The standard InChI is InChI=1S/C16H19N3O2S.ClH/c1-10-15(22-9-19-10)12-4-2-11(3-5-12)7-18-16(21)14-6-13(20)8-17-14;/h2-5,9,13-14,17,20H,6-8H2,1H3,(H,18,21);1H/t13-,14+;/m0./s1. The number of aliphatic hydroxyl groups excluding tert-OH is 1. The van der Waals surface area contributed by atoms with Crippen LogP contribution in [0.15, 0.2) is 29.8 Å². The number of aromatic nitrogens is 1.